The first kappa shape index (κ1) is 23.3. The van der Waals surface area contributed by atoms with Crippen molar-refractivity contribution in [2.45, 2.75) is 32.2 Å². The van der Waals surface area contributed by atoms with Crippen LogP contribution in [-0.4, -0.2) is 72.4 Å². The first-order chi connectivity index (χ1) is 16.2. The molecule has 0 aromatic heterocycles. The van der Waals surface area contributed by atoms with Gasteiger partial charge in [-0.05, 0) is 42.9 Å². The topological polar surface area (TPSA) is 53.1 Å². The second kappa shape index (κ2) is 11.8. The Balaban J connectivity index is 1.15. The first-order valence-electron chi connectivity index (χ1n) is 12.2. The molecule has 176 valence electrons. The molecule has 0 spiro atoms. The van der Waals surface area contributed by atoms with Crippen LogP contribution in [0, 0.1) is 5.92 Å². The van der Waals surface area contributed by atoms with E-state index in [0.717, 1.165) is 65.1 Å². The molecule has 0 bridgehead atoms. The average Bonchev–Trinajstić information content (AvgIpc) is 2.88. The molecule has 33 heavy (non-hydrogen) atoms. The Bertz CT molecular complexity index is 882. The lowest BCUT2D eigenvalue weighted by Crippen LogP contribution is -2.48. The summed E-state index contributed by atoms with van der Waals surface area (Å²) in [6.45, 7) is 5.99. The summed E-state index contributed by atoms with van der Waals surface area (Å²) in [5.74, 6) is 1.39. The van der Waals surface area contributed by atoms with E-state index in [0.29, 0.717) is 18.1 Å². The van der Waals surface area contributed by atoms with E-state index >= 15 is 0 Å². The molecule has 0 N–H and O–H groups in total. The van der Waals surface area contributed by atoms with Crippen molar-refractivity contribution in [3.05, 3.63) is 66.2 Å². The van der Waals surface area contributed by atoms with E-state index in [-0.39, 0.29) is 18.4 Å². The standard InChI is InChI=1S/C27H35N3O3/c31-26(29-18-16-28(17-19-29)20-23-8-3-1-4-9-23)14-13-24-10-7-15-30(21-24)27(32)22-33-25-11-5-2-6-12-25/h1-6,8-9,11-12,24H,7,10,13-22H2/t24-/m1/s1. The molecule has 2 aliphatic rings. The maximum absolute atomic E-state index is 12.8. The minimum absolute atomic E-state index is 0.0319. The SMILES string of the molecule is O=C(CC[C@H]1CCCN(C(=O)COc2ccccc2)C1)N1CCN(Cc2ccccc2)CC1. The van der Waals surface area contributed by atoms with Gasteiger partial charge in [0.2, 0.25) is 5.91 Å². The Hall–Kier alpha value is -2.86. The summed E-state index contributed by atoms with van der Waals surface area (Å²) in [5, 5.41) is 0. The van der Waals surface area contributed by atoms with Gasteiger partial charge in [-0.15, -0.1) is 0 Å². The Morgan fingerprint density at radius 3 is 2.24 bits per heavy atom. The number of nitrogens with zero attached hydrogens (tertiary/aromatic N) is 3. The molecule has 2 heterocycles. The smallest absolute Gasteiger partial charge is 0.260 e. The van der Waals surface area contributed by atoms with Crippen molar-refractivity contribution in [3.8, 4) is 5.75 Å². The number of para-hydroxylation sites is 1. The number of carbonyl (C=O) groups is 2. The summed E-state index contributed by atoms with van der Waals surface area (Å²) < 4.78 is 5.62. The lowest BCUT2D eigenvalue weighted by Gasteiger charge is -2.36. The van der Waals surface area contributed by atoms with Crippen molar-refractivity contribution in [1.82, 2.24) is 14.7 Å². The maximum Gasteiger partial charge on any atom is 0.260 e. The number of hydrogen-bond acceptors (Lipinski definition) is 4. The van der Waals surface area contributed by atoms with Gasteiger partial charge in [-0.3, -0.25) is 14.5 Å². The summed E-state index contributed by atoms with van der Waals surface area (Å²) in [5.41, 5.74) is 1.32. The molecule has 2 aromatic rings. The summed E-state index contributed by atoms with van der Waals surface area (Å²) in [4.78, 5) is 31.7. The monoisotopic (exact) mass is 449 g/mol. The number of hydrogen-bond donors (Lipinski definition) is 0. The van der Waals surface area contributed by atoms with Crippen molar-refractivity contribution >= 4 is 11.8 Å². The second-order valence-electron chi connectivity index (χ2n) is 9.13. The Morgan fingerprint density at radius 2 is 1.52 bits per heavy atom. The fourth-order valence-electron chi connectivity index (χ4n) is 4.76. The minimum Gasteiger partial charge on any atom is -0.484 e. The van der Waals surface area contributed by atoms with E-state index in [9.17, 15) is 9.59 Å². The molecule has 2 fully saturated rings. The van der Waals surface area contributed by atoms with Crippen LogP contribution in [0.4, 0.5) is 0 Å². The largest absolute Gasteiger partial charge is 0.484 e. The van der Waals surface area contributed by atoms with Crippen LogP contribution in [0.2, 0.25) is 0 Å². The number of benzene rings is 2. The molecule has 2 aromatic carbocycles. The van der Waals surface area contributed by atoms with Crippen LogP contribution in [-0.2, 0) is 16.1 Å². The Morgan fingerprint density at radius 1 is 0.818 bits per heavy atom. The van der Waals surface area contributed by atoms with Gasteiger partial charge < -0.3 is 14.5 Å². The van der Waals surface area contributed by atoms with Crippen LogP contribution < -0.4 is 4.74 Å². The lowest BCUT2D eigenvalue weighted by atomic mass is 9.93. The van der Waals surface area contributed by atoms with Crippen LogP contribution in [0.1, 0.15) is 31.2 Å². The zero-order valence-electron chi connectivity index (χ0n) is 19.4. The van der Waals surface area contributed by atoms with Gasteiger partial charge in [-0.2, -0.15) is 0 Å². The van der Waals surface area contributed by atoms with Gasteiger partial charge >= 0.3 is 0 Å². The molecule has 0 unspecified atom stereocenters. The van der Waals surface area contributed by atoms with Gasteiger partial charge in [0.1, 0.15) is 5.75 Å². The minimum atomic E-state index is 0.0319. The van der Waals surface area contributed by atoms with Crippen LogP contribution in [0.3, 0.4) is 0 Å². The highest BCUT2D eigenvalue weighted by atomic mass is 16.5. The third-order valence-electron chi connectivity index (χ3n) is 6.72. The highest BCUT2D eigenvalue weighted by Crippen LogP contribution is 2.22. The molecule has 2 aliphatic heterocycles. The van der Waals surface area contributed by atoms with Gasteiger partial charge in [-0.1, -0.05) is 48.5 Å². The fraction of sp³-hybridized carbons (Fsp3) is 0.481. The van der Waals surface area contributed by atoms with E-state index in [1.54, 1.807) is 0 Å². The van der Waals surface area contributed by atoms with Crippen LogP contribution in [0.5, 0.6) is 5.75 Å². The lowest BCUT2D eigenvalue weighted by molar-refractivity contribution is -0.135. The summed E-state index contributed by atoms with van der Waals surface area (Å²) >= 11 is 0. The molecule has 6 heteroatoms. The summed E-state index contributed by atoms with van der Waals surface area (Å²) in [6, 6.07) is 20.0. The molecule has 6 nitrogen and oxygen atoms in total. The van der Waals surface area contributed by atoms with Crippen molar-refractivity contribution < 1.29 is 14.3 Å². The molecule has 1 atom stereocenters. The number of carbonyl (C=O) groups excluding carboxylic acids is 2. The van der Waals surface area contributed by atoms with E-state index in [2.05, 4.69) is 29.2 Å². The normalized spacial score (nSPS) is 19.3. The quantitative estimate of drug-likeness (QED) is 0.620. The van der Waals surface area contributed by atoms with E-state index < -0.39 is 0 Å². The van der Waals surface area contributed by atoms with Gasteiger partial charge in [0.25, 0.3) is 5.91 Å². The maximum atomic E-state index is 12.8. The number of rotatable bonds is 8. The fourth-order valence-corrected chi connectivity index (χ4v) is 4.76. The predicted molar refractivity (Wildman–Crippen MR) is 129 cm³/mol. The van der Waals surface area contributed by atoms with E-state index in [1.165, 1.54) is 5.56 Å². The zero-order valence-corrected chi connectivity index (χ0v) is 19.4. The van der Waals surface area contributed by atoms with Gasteiger partial charge in [0, 0.05) is 52.2 Å². The van der Waals surface area contributed by atoms with Gasteiger partial charge in [0.15, 0.2) is 6.61 Å². The van der Waals surface area contributed by atoms with Crippen LogP contribution in [0.15, 0.2) is 60.7 Å². The molecule has 4 rings (SSSR count). The molecule has 0 aliphatic carbocycles. The first-order valence-corrected chi connectivity index (χ1v) is 12.2. The number of likely N-dealkylation sites (tertiary alicyclic amines) is 1. The van der Waals surface area contributed by atoms with Gasteiger partial charge in [0.05, 0.1) is 0 Å². The molecule has 0 radical (unpaired) electrons. The highest BCUT2D eigenvalue weighted by Gasteiger charge is 2.26. The Labute approximate surface area is 197 Å². The average molecular weight is 450 g/mol. The third-order valence-corrected chi connectivity index (χ3v) is 6.72. The summed E-state index contributed by atoms with van der Waals surface area (Å²) in [6.07, 6.45) is 3.51. The second-order valence-corrected chi connectivity index (χ2v) is 9.13. The van der Waals surface area contributed by atoms with Crippen molar-refractivity contribution in [1.29, 1.82) is 0 Å². The van der Waals surface area contributed by atoms with Crippen molar-refractivity contribution in [2.75, 3.05) is 45.9 Å². The summed E-state index contributed by atoms with van der Waals surface area (Å²) in [7, 11) is 0. The van der Waals surface area contributed by atoms with Crippen molar-refractivity contribution in [3.63, 3.8) is 0 Å². The zero-order chi connectivity index (χ0) is 22.9. The molecule has 2 saturated heterocycles. The molecular weight excluding hydrogens is 414 g/mol. The highest BCUT2D eigenvalue weighted by molar-refractivity contribution is 5.78. The van der Waals surface area contributed by atoms with E-state index in [4.69, 9.17) is 4.74 Å². The molecule has 2 amide bonds. The van der Waals surface area contributed by atoms with Gasteiger partial charge in [-0.25, -0.2) is 0 Å². The number of amides is 2. The predicted octanol–water partition coefficient (Wildman–Crippen LogP) is 3.43. The Kier molecular flexibility index (Phi) is 8.36. The van der Waals surface area contributed by atoms with E-state index in [1.807, 2.05) is 46.2 Å². The third kappa shape index (κ3) is 7.06. The van der Waals surface area contributed by atoms with Crippen LogP contribution >= 0.6 is 0 Å². The number of piperidine rings is 1. The number of piperazine rings is 1. The van der Waals surface area contributed by atoms with Crippen LogP contribution in [0.25, 0.3) is 0 Å². The molecular formula is C27H35N3O3. The van der Waals surface area contributed by atoms with Crippen molar-refractivity contribution in [2.24, 2.45) is 5.92 Å². The molecule has 0 saturated carbocycles. The number of ether oxygens (including phenoxy) is 1.